The molecule has 3 N–H and O–H groups in total. The van der Waals surface area contributed by atoms with Gasteiger partial charge in [-0.2, -0.15) is 0 Å². The molecule has 0 fully saturated rings. The average molecular weight is 253 g/mol. The van der Waals surface area contributed by atoms with Gasteiger partial charge in [-0.05, 0) is 37.1 Å². The third kappa shape index (κ3) is 3.21. The Morgan fingerprint density at radius 1 is 1.11 bits per heavy atom. The quantitative estimate of drug-likeness (QED) is 0.672. The van der Waals surface area contributed by atoms with Crippen molar-refractivity contribution in [3.05, 3.63) is 29.8 Å². The van der Waals surface area contributed by atoms with Crippen molar-refractivity contribution in [3.8, 4) is 0 Å². The maximum absolute atomic E-state index is 10.7. The molecule has 18 heavy (non-hydrogen) atoms. The predicted molar refractivity (Wildman–Crippen MR) is 68.5 cm³/mol. The van der Waals surface area contributed by atoms with Crippen LogP contribution in [0.15, 0.2) is 24.3 Å². The lowest BCUT2D eigenvalue weighted by atomic mass is 10.1. The monoisotopic (exact) mass is 253 g/mol. The molecule has 100 valence electrons. The molecule has 0 bridgehead atoms. The highest BCUT2D eigenvalue weighted by Crippen LogP contribution is 2.21. The first-order valence-corrected chi connectivity index (χ1v) is 5.99. The minimum absolute atomic E-state index is 0.177. The van der Waals surface area contributed by atoms with Crippen molar-refractivity contribution in [3.63, 3.8) is 0 Å². The van der Waals surface area contributed by atoms with Gasteiger partial charge >= 0.3 is 5.97 Å². The molecular weight excluding hydrogens is 234 g/mol. The van der Waals surface area contributed by atoms with E-state index in [0.29, 0.717) is 18.5 Å². The zero-order valence-corrected chi connectivity index (χ0v) is 10.6. The molecule has 0 aliphatic heterocycles. The van der Waals surface area contributed by atoms with E-state index in [-0.39, 0.29) is 5.56 Å². The van der Waals surface area contributed by atoms with Gasteiger partial charge in [0.2, 0.25) is 0 Å². The molecule has 0 aliphatic carbocycles. The lowest BCUT2D eigenvalue weighted by Gasteiger charge is -2.33. The van der Waals surface area contributed by atoms with Crippen LogP contribution in [0.5, 0.6) is 0 Å². The summed E-state index contributed by atoms with van der Waals surface area (Å²) in [5.74, 6) is -1.000. The van der Waals surface area contributed by atoms with Gasteiger partial charge in [0.1, 0.15) is 12.5 Å². The molecule has 0 aliphatic rings. The van der Waals surface area contributed by atoms with Crippen molar-refractivity contribution in [2.24, 2.45) is 0 Å². The van der Waals surface area contributed by atoms with E-state index in [9.17, 15) is 15.0 Å². The summed E-state index contributed by atoms with van der Waals surface area (Å²) in [6, 6.07) is 6.08. The van der Waals surface area contributed by atoms with Gasteiger partial charge in [-0.25, -0.2) is 4.79 Å². The highest BCUT2D eigenvalue weighted by Gasteiger charge is 2.21. The van der Waals surface area contributed by atoms with Crippen LogP contribution in [-0.2, 0) is 0 Å². The second-order valence-corrected chi connectivity index (χ2v) is 4.04. The second-order valence-electron chi connectivity index (χ2n) is 4.04. The Kier molecular flexibility index (Phi) is 5.12. The number of carboxylic acid groups (broad SMARTS) is 1. The first-order chi connectivity index (χ1) is 8.51. The highest BCUT2D eigenvalue weighted by atomic mass is 16.4. The van der Waals surface area contributed by atoms with Crippen LogP contribution in [0.4, 0.5) is 5.69 Å². The number of rotatable bonds is 6. The van der Waals surface area contributed by atoms with Crippen molar-refractivity contribution in [1.29, 1.82) is 0 Å². The number of carbonyl (C=O) groups is 1. The van der Waals surface area contributed by atoms with E-state index in [2.05, 4.69) is 0 Å². The van der Waals surface area contributed by atoms with Crippen LogP contribution in [0.3, 0.4) is 0 Å². The summed E-state index contributed by atoms with van der Waals surface area (Å²) >= 11 is 0. The van der Waals surface area contributed by atoms with Gasteiger partial charge < -0.3 is 20.2 Å². The van der Waals surface area contributed by atoms with Crippen molar-refractivity contribution in [1.82, 2.24) is 0 Å². The SMILES string of the molecule is CCC(O)N(c1ccc(C(=O)O)cc1)C(O)CC. The van der Waals surface area contributed by atoms with E-state index in [0.717, 1.165) is 0 Å². The van der Waals surface area contributed by atoms with E-state index in [1.807, 2.05) is 13.8 Å². The van der Waals surface area contributed by atoms with Crippen molar-refractivity contribution in [2.75, 3.05) is 4.90 Å². The van der Waals surface area contributed by atoms with Crippen molar-refractivity contribution in [2.45, 2.75) is 39.1 Å². The fourth-order valence-corrected chi connectivity index (χ4v) is 1.71. The molecule has 0 saturated carbocycles. The molecule has 2 unspecified atom stereocenters. The van der Waals surface area contributed by atoms with Crippen LogP contribution in [0.2, 0.25) is 0 Å². The fourth-order valence-electron chi connectivity index (χ4n) is 1.71. The van der Waals surface area contributed by atoms with E-state index in [1.165, 1.54) is 17.0 Å². The predicted octanol–water partition coefficient (Wildman–Crippen LogP) is 1.65. The smallest absolute Gasteiger partial charge is 0.335 e. The van der Waals surface area contributed by atoms with Gasteiger partial charge in [-0.1, -0.05) is 13.8 Å². The van der Waals surface area contributed by atoms with Crippen LogP contribution in [0.25, 0.3) is 0 Å². The molecular formula is C13H19NO4. The molecule has 0 spiro atoms. The molecule has 0 radical (unpaired) electrons. The average Bonchev–Trinajstić information content (AvgIpc) is 2.39. The first-order valence-electron chi connectivity index (χ1n) is 5.99. The molecule has 0 amide bonds. The van der Waals surface area contributed by atoms with Gasteiger partial charge in [0.25, 0.3) is 0 Å². The summed E-state index contributed by atoms with van der Waals surface area (Å²) in [6.45, 7) is 3.62. The third-order valence-electron chi connectivity index (χ3n) is 2.78. The molecule has 1 rings (SSSR count). The van der Waals surface area contributed by atoms with Crippen LogP contribution in [-0.4, -0.2) is 33.7 Å². The molecule has 0 aromatic heterocycles. The maximum Gasteiger partial charge on any atom is 0.335 e. The lowest BCUT2D eigenvalue weighted by Crippen LogP contribution is -2.43. The summed E-state index contributed by atoms with van der Waals surface area (Å²) in [7, 11) is 0. The Hall–Kier alpha value is -1.59. The number of benzene rings is 1. The van der Waals surface area contributed by atoms with Crippen LogP contribution in [0, 0.1) is 0 Å². The van der Waals surface area contributed by atoms with Gasteiger partial charge in [0.05, 0.1) is 5.56 Å². The number of aromatic carboxylic acids is 1. The Labute approximate surface area is 106 Å². The molecule has 0 saturated heterocycles. The molecule has 5 nitrogen and oxygen atoms in total. The van der Waals surface area contributed by atoms with Gasteiger partial charge in [-0.3, -0.25) is 0 Å². The number of nitrogens with zero attached hydrogens (tertiary/aromatic N) is 1. The van der Waals surface area contributed by atoms with Gasteiger partial charge in [-0.15, -0.1) is 0 Å². The number of hydrogen-bond acceptors (Lipinski definition) is 4. The Bertz CT molecular complexity index is 380. The van der Waals surface area contributed by atoms with E-state index < -0.39 is 18.4 Å². The number of hydrogen-bond donors (Lipinski definition) is 3. The van der Waals surface area contributed by atoms with Crippen LogP contribution >= 0.6 is 0 Å². The molecule has 5 heteroatoms. The lowest BCUT2D eigenvalue weighted by molar-refractivity contribution is 0.0697. The Morgan fingerprint density at radius 2 is 1.56 bits per heavy atom. The van der Waals surface area contributed by atoms with E-state index in [4.69, 9.17) is 5.11 Å². The molecule has 1 aromatic carbocycles. The Morgan fingerprint density at radius 3 is 1.89 bits per heavy atom. The zero-order valence-electron chi connectivity index (χ0n) is 10.6. The van der Waals surface area contributed by atoms with Crippen LogP contribution in [0.1, 0.15) is 37.0 Å². The van der Waals surface area contributed by atoms with Gasteiger partial charge in [0, 0.05) is 5.69 Å². The normalized spacial score (nSPS) is 14.0. The summed E-state index contributed by atoms with van der Waals surface area (Å²) in [5, 5.41) is 28.6. The number of carboxylic acids is 1. The summed E-state index contributed by atoms with van der Waals surface area (Å²) < 4.78 is 0. The first kappa shape index (κ1) is 14.5. The number of aliphatic hydroxyl groups excluding tert-OH is 2. The van der Waals surface area contributed by atoms with E-state index >= 15 is 0 Å². The minimum atomic E-state index is -1.000. The molecule has 0 heterocycles. The third-order valence-corrected chi connectivity index (χ3v) is 2.78. The number of anilines is 1. The number of aliphatic hydroxyl groups is 2. The van der Waals surface area contributed by atoms with E-state index in [1.54, 1.807) is 12.1 Å². The Balaban J connectivity index is 3.02. The summed E-state index contributed by atoms with van der Waals surface area (Å²) in [5.41, 5.74) is 0.777. The molecule has 1 aromatic rings. The largest absolute Gasteiger partial charge is 0.478 e. The molecule has 2 atom stereocenters. The second kappa shape index (κ2) is 6.37. The zero-order chi connectivity index (χ0) is 13.7. The van der Waals surface area contributed by atoms with Crippen LogP contribution < -0.4 is 4.90 Å². The highest BCUT2D eigenvalue weighted by molar-refractivity contribution is 5.88. The topological polar surface area (TPSA) is 81.0 Å². The summed E-state index contributed by atoms with van der Waals surface area (Å²) in [4.78, 5) is 12.2. The minimum Gasteiger partial charge on any atom is -0.478 e. The fraction of sp³-hybridized carbons (Fsp3) is 0.462. The van der Waals surface area contributed by atoms with Crippen molar-refractivity contribution >= 4 is 11.7 Å². The van der Waals surface area contributed by atoms with Gasteiger partial charge in [0.15, 0.2) is 0 Å². The van der Waals surface area contributed by atoms with Crippen molar-refractivity contribution < 1.29 is 20.1 Å². The summed E-state index contributed by atoms with van der Waals surface area (Å²) in [6.07, 6.45) is -0.651. The standard InChI is InChI=1S/C13H19NO4/c1-3-11(15)14(12(16)4-2)10-7-5-9(6-8-10)13(17)18/h5-8,11-12,15-16H,3-4H2,1-2H3,(H,17,18). The maximum atomic E-state index is 10.7.